The maximum absolute atomic E-state index is 5.52. The molecule has 0 saturated heterocycles. The first kappa shape index (κ1) is 18.5. The average Bonchev–Trinajstić information content (AvgIpc) is 3.32. The van der Waals surface area contributed by atoms with Crippen LogP contribution in [0, 0.1) is 5.92 Å². The van der Waals surface area contributed by atoms with Crippen LogP contribution in [0.1, 0.15) is 48.4 Å². The van der Waals surface area contributed by atoms with Gasteiger partial charge in [-0.05, 0) is 36.5 Å². The highest BCUT2D eigenvalue weighted by atomic mass is 16.5. The van der Waals surface area contributed by atoms with Gasteiger partial charge in [-0.15, -0.1) is 0 Å². The molecule has 1 aromatic carbocycles. The second-order valence-corrected chi connectivity index (χ2v) is 8.08. The van der Waals surface area contributed by atoms with E-state index in [9.17, 15) is 0 Å². The molecule has 1 aromatic heterocycles. The predicted octanol–water partition coefficient (Wildman–Crippen LogP) is 3.83. The summed E-state index contributed by atoms with van der Waals surface area (Å²) in [5.41, 5.74) is 3.93. The van der Waals surface area contributed by atoms with Crippen LogP contribution in [0.5, 0.6) is 5.75 Å². The van der Waals surface area contributed by atoms with Gasteiger partial charge in [-0.2, -0.15) is 5.10 Å². The van der Waals surface area contributed by atoms with Crippen LogP contribution in [0.3, 0.4) is 0 Å². The fourth-order valence-electron chi connectivity index (χ4n) is 4.64. The lowest BCUT2D eigenvalue weighted by atomic mass is 9.97. The maximum Gasteiger partial charge on any atom is 0.118 e. The van der Waals surface area contributed by atoms with E-state index in [1.165, 1.54) is 42.5 Å². The Hall–Kier alpha value is -1.85. The Morgan fingerprint density at radius 1 is 1.11 bits per heavy atom. The number of methoxy groups -OCH3 is 2. The molecule has 0 amide bonds. The summed E-state index contributed by atoms with van der Waals surface area (Å²) in [6.45, 7) is 4.70. The molecule has 0 N–H and O–H groups in total. The van der Waals surface area contributed by atoms with Gasteiger partial charge in [0, 0.05) is 51.0 Å². The predicted molar refractivity (Wildman–Crippen MR) is 106 cm³/mol. The summed E-state index contributed by atoms with van der Waals surface area (Å²) in [4.78, 5) is 2.51. The first-order chi connectivity index (χ1) is 13.2. The zero-order valence-electron chi connectivity index (χ0n) is 16.6. The van der Waals surface area contributed by atoms with Crippen LogP contribution in [0.15, 0.2) is 30.5 Å². The fourth-order valence-corrected chi connectivity index (χ4v) is 4.64. The second-order valence-electron chi connectivity index (χ2n) is 8.08. The average molecular weight is 370 g/mol. The number of benzene rings is 1. The van der Waals surface area contributed by atoms with Crippen molar-refractivity contribution in [1.29, 1.82) is 0 Å². The first-order valence-electron chi connectivity index (χ1n) is 10.2. The highest BCUT2D eigenvalue weighted by molar-refractivity contribution is 5.28. The SMILES string of the molecule is COC[C@@H]1CN(Cc2ccc(OC)cc2)Cc2cn(CC3CCCC3)nc21. The third kappa shape index (κ3) is 4.36. The highest BCUT2D eigenvalue weighted by Crippen LogP contribution is 2.31. The van der Waals surface area contributed by atoms with Crippen LogP contribution < -0.4 is 4.74 Å². The molecule has 5 nitrogen and oxygen atoms in total. The molecule has 1 aliphatic heterocycles. The lowest BCUT2D eigenvalue weighted by molar-refractivity contribution is 0.134. The van der Waals surface area contributed by atoms with E-state index in [1.54, 1.807) is 14.2 Å². The Labute approximate surface area is 162 Å². The minimum atomic E-state index is 0.349. The molecule has 2 aliphatic rings. The van der Waals surface area contributed by atoms with Gasteiger partial charge in [-0.25, -0.2) is 0 Å². The standard InChI is InChI=1S/C22H31N3O2/c1-26-16-20-14-24(11-18-7-9-21(27-2)10-8-18)13-19-15-25(23-22(19)20)12-17-5-3-4-6-17/h7-10,15,17,20H,3-6,11-14,16H2,1-2H3/t20-/m0/s1. The molecule has 1 saturated carbocycles. The molecule has 1 aliphatic carbocycles. The zero-order chi connectivity index (χ0) is 18.6. The Bertz CT molecular complexity index is 735. The fraction of sp³-hybridized carbons (Fsp3) is 0.591. The van der Waals surface area contributed by atoms with Crippen LogP contribution in [-0.4, -0.2) is 42.1 Å². The molecular weight excluding hydrogens is 338 g/mol. The molecule has 1 atom stereocenters. The van der Waals surface area contributed by atoms with Gasteiger partial charge in [0.25, 0.3) is 0 Å². The number of hydrogen-bond donors (Lipinski definition) is 0. The number of ether oxygens (including phenoxy) is 2. The van der Waals surface area contributed by atoms with E-state index in [4.69, 9.17) is 14.6 Å². The van der Waals surface area contributed by atoms with Crippen molar-refractivity contribution in [2.75, 3.05) is 27.4 Å². The molecule has 0 bridgehead atoms. The molecular formula is C22H31N3O2. The van der Waals surface area contributed by atoms with Crippen LogP contribution in [0.2, 0.25) is 0 Å². The van der Waals surface area contributed by atoms with Crippen molar-refractivity contribution in [1.82, 2.24) is 14.7 Å². The molecule has 5 heteroatoms. The van der Waals surface area contributed by atoms with Gasteiger partial charge in [0.1, 0.15) is 5.75 Å². The topological polar surface area (TPSA) is 39.5 Å². The first-order valence-corrected chi connectivity index (χ1v) is 10.2. The van der Waals surface area contributed by atoms with Crippen molar-refractivity contribution >= 4 is 0 Å². The Kier molecular flexibility index (Phi) is 5.79. The molecule has 1 fully saturated rings. The molecule has 0 spiro atoms. The Morgan fingerprint density at radius 2 is 1.89 bits per heavy atom. The Morgan fingerprint density at radius 3 is 2.59 bits per heavy atom. The summed E-state index contributed by atoms with van der Waals surface area (Å²) in [7, 11) is 3.50. The largest absolute Gasteiger partial charge is 0.497 e. The van der Waals surface area contributed by atoms with Crippen LogP contribution in [0.4, 0.5) is 0 Å². The number of aromatic nitrogens is 2. The van der Waals surface area contributed by atoms with Gasteiger partial charge in [0.2, 0.25) is 0 Å². The number of fused-ring (bicyclic) bond motifs is 1. The quantitative estimate of drug-likeness (QED) is 0.744. The molecule has 146 valence electrons. The number of rotatable bonds is 7. The monoisotopic (exact) mass is 369 g/mol. The summed E-state index contributed by atoms with van der Waals surface area (Å²) in [6.07, 6.45) is 7.77. The second kappa shape index (κ2) is 8.44. The summed E-state index contributed by atoms with van der Waals surface area (Å²) in [5, 5.41) is 4.97. The minimum absolute atomic E-state index is 0.349. The zero-order valence-corrected chi connectivity index (χ0v) is 16.6. The van der Waals surface area contributed by atoms with Gasteiger partial charge in [-0.1, -0.05) is 25.0 Å². The van der Waals surface area contributed by atoms with Crippen LogP contribution >= 0.6 is 0 Å². The van der Waals surface area contributed by atoms with Crippen LogP contribution in [-0.2, 0) is 24.4 Å². The van der Waals surface area contributed by atoms with E-state index in [-0.39, 0.29) is 0 Å². The van der Waals surface area contributed by atoms with E-state index in [0.29, 0.717) is 5.92 Å². The van der Waals surface area contributed by atoms with E-state index in [2.05, 4.69) is 27.9 Å². The lowest BCUT2D eigenvalue weighted by Gasteiger charge is -2.31. The third-order valence-corrected chi connectivity index (χ3v) is 5.98. The summed E-state index contributed by atoms with van der Waals surface area (Å²) < 4.78 is 13.0. The summed E-state index contributed by atoms with van der Waals surface area (Å²) >= 11 is 0. The van der Waals surface area contributed by atoms with Crippen molar-refractivity contribution in [3.63, 3.8) is 0 Å². The van der Waals surface area contributed by atoms with Crippen molar-refractivity contribution in [3.8, 4) is 5.75 Å². The molecule has 27 heavy (non-hydrogen) atoms. The Balaban J connectivity index is 1.47. The molecule has 2 aromatic rings. The van der Waals surface area contributed by atoms with Gasteiger partial charge in [-0.3, -0.25) is 9.58 Å². The van der Waals surface area contributed by atoms with Gasteiger partial charge < -0.3 is 9.47 Å². The van der Waals surface area contributed by atoms with E-state index < -0.39 is 0 Å². The smallest absolute Gasteiger partial charge is 0.118 e. The van der Waals surface area contributed by atoms with Gasteiger partial charge in [0.05, 0.1) is 19.4 Å². The summed E-state index contributed by atoms with van der Waals surface area (Å²) in [5.74, 6) is 2.06. The van der Waals surface area contributed by atoms with Gasteiger partial charge in [0.15, 0.2) is 0 Å². The normalized spacial score (nSPS) is 20.7. The maximum atomic E-state index is 5.52. The number of hydrogen-bond acceptors (Lipinski definition) is 4. The van der Waals surface area contributed by atoms with E-state index >= 15 is 0 Å². The van der Waals surface area contributed by atoms with Crippen molar-refractivity contribution in [3.05, 3.63) is 47.3 Å². The van der Waals surface area contributed by atoms with E-state index in [1.807, 2.05) is 12.1 Å². The van der Waals surface area contributed by atoms with Crippen molar-refractivity contribution in [2.24, 2.45) is 5.92 Å². The molecule has 0 radical (unpaired) electrons. The number of nitrogens with zero attached hydrogens (tertiary/aromatic N) is 3. The lowest BCUT2D eigenvalue weighted by Crippen LogP contribution is -2.34. The third-order valence-electron chi connectivity index (χ3n) is 5.98. The van der Waals surface area contributed by atoms with E-state index in [0.717, 1.165) is 44.5 Å². The van der Waals surface area contributed by atoms with Crippen LogP contribution in [0.25, 0.3) is 0 Å². The highest BCUT2D eigenvalue weighted by Gasteiger charge is 2.29. The molecule has 2 heterocycles. The summed E-state index contributed by atoms with van der Waals surface area (Å²) in [6, 6.07) is 8.39. The van der Waals surface area contributed by atoms with Crippen molar-refractivity contribution < 1.29 is 9.47 Å². The molecule has 0 unspecified atom stereocenters. The molecule has 4 rings (SSSR count). The van der Waals surface area contributed by atoms with Crippen molar-refractivity contribution in [2.45, 2.75) is 51.2 Å². The minimum Gasteiger partial charge on any atom is -0.497 e. The van der Waals surface area contributed by atoms with Gasteiger partial charge >= 0.3 is 0 Å².